The van der Waals surface area contributed by atoms with Crippen molar-refractivity contribution in [1.29, 1.82) is 0 Å². The van der Waals surface area contributed by atoms with Crippen LogP contribution in [0, 0.1) is 0 Å². The van der Waals surface area contributed by atoms with Gasteiger partial charge in [-0.2, -0.15) is 0 Å². The lowest BCUT2D eigenvalue weighted by Gasteiger charge is -2.30. The van der Waals surface area contributed by atoms with Crippen molar-refractivity contribution < 1.29 is 5.01 Å². The Bertz CT molecular complexity index is 311. The molecule has 0 bridgehead atoms. The highest BCUT2D eigenvalue weighted by atomic mass is 15.5. The summed E-state index contributed by atoms with van der Waals surface area (Å²) in [6, 6.07) is 2.05. The van der Waals surface area contributed by atoms with E-state index in [1.807, 2.05) is 30.6 Å². The molecule has 62 valence electrons. The molecule has 1 unspecified atom stereocenters. The van der Waals surface area contributed by atoms with E-state index in [-0.39, 0.29) is 0 Å². The van der Waals surface area contributed by atoms with Crippen LogP contribution in [0.1, 0.15) is 5.56 Å². The molecule has 0 saturated heterocycles. The van der Waals surface area contributed by atoms with Gasteiger partial charge in [-0.1, -0.05) is 12.7 Å². The minimum atomic E-state index is 0.817. The second-order valence-electron chi connectivity index (χ2n) is 2.69. The summed E-state index contributed by atoms with van der Waals surface area (Å²) < 4.78 is 0. The van der Waals surface area contributed by atoms with Gasteiger partial charge in [0.2, 0.25) is 5.82 Å². The molecule has 1 atom stereocenters. The van der Waals surface area contributed by atoms with E-state index in [1.54, 1.807) is 0 Å². The molecule has 1 aromatic rings. The number of aromatic amines is 1. The molecule has 2 rings (SSSR count). The first-order chi connectivity index (χ1) is 5.92. The van der Waals surface area contributed by atoms with Gasteiger partial charge in [0.25, 0.3) is 0 Å². The predicted molar refractivity (Wildman–Crippen MR) is 48.9 cm³/mol. The third kappa shape index (κ3) is 1.04. The number of fused-ring (bicyclic) bond motifs is 1. The number of quaternary nitrogens is 1. The van der Waals surface area contributed by atoms with Crippen molar-refractivity contribution in [3.05, 3.63) is 42.1 Å². The van der Waals surface area contributed by atoms with Crippen LogP contribution in [0.5, 0.6) is 0 Å². The van der Waals surface area contributed by atoms with E-state index in [0.717, 1.165) is 17.4 Å². The number of rotatable bonds is 2. The van der Waals surface area contributed by atoms with Crippen LogP contribution in [0.4, 0.5) is 5.82 Å². The van der Waals surface area contributed by atoms with Crippen molar-refractivity contribution in [3.63, 3.8) is 0 Å². The summed E-state index contributed by atoms with van der Waals surface area (Å²) in [5.41, 5.74) is 5.48. The predicted octanol–water partition coefficient (Wildman–Crippen LogP) is 0.990. The molecule has 1 aliphatic rings. The second kappa shape index (κ2) is 2.87. The fourth-order valence-corrected chi connectivity index (χ4v) is 1.33. The Labute approximate surface area is 71.4 Å². The smallest absolute Gasteiger partial charge is 0.206 e. The van der Waals surface area contributed by atoms with Crippen LogP contribution in [-0.4, -0.2) is 11.5 Å². The summed E-state index contributed by atoms with van der Waals surface area (Å²) in [5.74, 6) is 1.12. The van der Waals surface area contributed by atoms with Crippen LogP contribution in [-0.2, 0) is 0 Å². The van der Waals surface area contributed by atoms with Crippen molar-refractivity contribution in [1.82, 2.24) is 4.98 Å². The highest BCUT2D eigenvalue weighted by molar-refractivity contribution is 5.60. The Morgan fingerprint density at radius 1 is 1.67 bits per heavy atom. The molecule has 0 saturated carbocycles. The van der Waals surface area contributed by atoms with E-state index >= 15 is 0 Å². The molecule has 2 N–H and O–H groups in total. The van der Waals surface area contributed by atoms with E-state index in [4.69, 9.17) is 0 Å². The molecule has 0 spiro atoms. The number of H-pyrrole nitrogens is 1. The number of nitrogens with zero attached hydrogens (tertiary/aromatic N) is 1. The van der Waals surface area contributed by atoms with Gasteiger partial charge in [-0.05, 0) is 12.1 Å². The zero-order valence-electron chi connectivity index (χ0n) is 6.75. The lowest BCUT2D eigenvalue weighted by molar-refractivity contribution is -0.784. The molecule has 3 heteroatoms. The Hall–Kier alpha value is -1.48. The molecule has 0 fully saturated rings. The molecule has 1 aliphatic heterocycles. The fraction of sp³-hybridized carbons (Fsp3) is 0.111. The van der Waals surface area contributed by atoms with Gasteiger partial charge in [-0.3, -0.25) is 0 Å². The molecule has 0 amide bonds. The summed E-state index contributed by atoms with van der Waals surface area (Å²) in [6.45, 7) is 4.51. The average Bonchev–Trinajstić information content (AvgIpc) is 2.53. The van der Waals surface area contributed by atoms with E-state index in [2.05, 4.69) is 17.0 Å². The lowest BCUT2D eigenvalue weighted by atomic mass is 10.3. The first kappa shape index (κ1) is 7.18. The molecule has 0 aliphatic carbocycles. The van der Waals surface area contributed by atoms with Crippen LogP contribution in [0.25, 0.3) is 11.5 Å². The topological polar surface area (TPSA) is 34.3 Å². The largest absolute Gasteiger partial charge is 0.489 e. The molecular formula is C9H11N3. The van der Waals surface area contributed by atoms with E-state index < -0.39 is 0 Å². The van der Waals surface area contributed by atoms with Gasteiger partial charge in [-0.25, -0.2) is 0 Å². The summed E-state index contributed by atoms with van der Waals surface area (Å²) in [4.78, 5) is 3.16. The van der Waals surface area contributed by atoms with Gasteiger partial charge in [0, 0.05) is 6.20 Å². The molecule has 12 heavy (non-hydrogen) atoms. The number of aromatic nitrogens is 1. The molecule has 0 aromatic carbocycles. The first-order valence-corrected chi connectivity index (χ1v) is 3.93. The average molecular weight is 161 g/mol. The quantitative estimate of drug-likeness (QED) is 0.607. The Morgan fingerprint density at radius 2 is 2.58 bits per heavy atom. The van der Waals surface area contributed by atoms with Gasteiger partial charge in [0.1, 0.15) is 0 Å². The number of hydrogen-bond acceptors (Lipinski definition) is 0. The highest BCUT2D eigenvalue weighted by Gasteiger charge is 2.10. The molecule has 1 aromatic heterocycles. The van der Waals surface area contributed by atoms with E-state index in [1.165, 1.54) is 5.56 Å². The van der Waals surface area contributed by atoms with Gasteiger partial charge in [0.15, 0.2) is 0 Å². The summed E-state index contributed by atoms with van der Waals surface area (Å²) in [5, 5.41) is 1.06. The highest BCUT2D eigenvalue weighted by Crippen LogP contribution is 2.14. The lowest BCUT2D eigenvalue weighted by Crippen LogP contribution is -3.03. The Kier molecular flexibility index (Phi) is 1.72. The normalized spacial score (nSPS) is 19.8. The number of hydrogen-bond donors (Lipinski definition) is 2. The van der Waals surface area contributed by atoms with Crippen LogP contribution >= 0.6 is 0 Å². The summed E-state index contributed by atoms with van der Waals surface area (Å²) >= 11 is 0. The van der Waals surface area contributed by atoms with Gasteiger partial charge < -0.3 is 15.4 Å². The zero-order valence-corrected chi connectivity index (χ0v) is 6.75. The molecular weight excluding hydrogens is 150 g/mol. The third-order valence-electron chi connectivity index (χ3n) is 1.89. The van der Waals surface area contributed by atoms with Gasteiger partial charge >= 0.3 is 0 Å². The molecule has 0 radical (unpaired) electrons. The van der Waals surface area contributed by atoms with Crippen molar-refractivity contribution in [3.8, 4) is 0 Å². The second-order valence-corrected chi connectivity index (χ2v) is 2.69. The standard InChI is InChI=1S/C9H11N3/c1-2-7-12-9-8(3-5-10-9)4-6-11-12/h2-6,10,12H,1,7H2. The maximum atomic E-state index is 4.27. The van der Waals surface area contributed by atoms with Crippen molar-refractivity contribution in [2.45, 2.75) is 0 Å². The van der Waals surface area contributed by atoms with E-state index in [0.29, 0.717) is 0 Å². The Morgan fingerprint density at radius 3 is 3.42 bits per heavy atom. The number of nitrogens with one attached hydrogen (secondary N) is 2. The van der Waals surface area contributed by atoms with Crippen LogP contribution < -0.4 is 5.01 Å². The summed E-state index contributed by atoms with van der Waals surface area (Å²) in [7, 11) is 0. The maximum Gasteiger partial charge on any atom is 0.206 e. The molecule has 2 heterocycles. The minimum Gasteiger partial charge on any atom is -0.489 e. The SMILES string of the molecule is C=CC[NH+]1[N-]C=Cc2cc[nH]c21. The summed E-state index contributed by atoms with van der Waals surface area (Å²) in [6.07, 6.45) is 7.62. The Balaban J connectivity index is 2.31. The van der Waals surface area contributed by atoms with Crippen LogP contribution in [0.3, 0.4) is 0 Å². The van der Waals surface area contributed by atoms with E-state index in [9.17, 15) is 0 Å². The van der Waals surface area contributed by atoms with Crippen LogP contribution in [0.15, 0.2) is 31.1 Å². The van der Waals surface area contributed by atoms with Crippen LogP contribution in [0.2, 0.25) is 0 Å². The fourth-order valence-electron chi connectivity index (χ4n) is 1.33. The van der Waals surface area contributed by atoms with Crippen molar-refractivity contribution in [2.75, 3.05) is 6.54 Å². The molecule has 3 nitrogen and oxygen atoms in total. The monoisotopic (exact) mass is 161 g/mol. The van der Waals surface area contributed by atoms with Crippen molar-refractivity contribution >= 4 is 11.9 Å². The zero-order chi connectivity index (χ0) is 8.39. The maximum absolute atomic E-state index is 4.27. The minimum absolute atomic E-state index is 0.817. The van der Waals surface area contributed by atoms with Gasteiger partial charge in [-0.15, -0.1) is 6.20 Å². The first-order valence-electron chi connectivity index (χ1n) is 3.93. The van der Waals surface area contributed by atoms with Crippen molar-refractivity contribution in [2.24, 2.45) is 0 Å². The third-order valence-corrected chi connectivity index (χ3v) is 1.89. The van der Waals surface area contributed by atoms with Gasteiger partial charge in [0.05, 0.1) is 12.1 Å².